The van der Waals surface area contributed by atoms with Crippen LogP contribution < -0.4 is 16.8 Å². The van der Waals surface area contributed by atoms with Crippen molar-refractivity contribution < 1.29 is 34.2 Å². The maximum Gasteiger partial charge on any atom is 0.352 e. The van der Waals surface area contributed by atoms with Crippen molar-refractivity contribution in [3.8, 4) is 0 Å². The van der Waals surface area contributed by atoms with E-state index in [9.17, 15) is 29.4 Å². The Morgan fingerprint density at radius 3 is 2.62 bits per heavy atom. The fourth-order valence-corrected chi connectivity index (χ4v) is 4.74. The van der Waals surface area contributed by atoms with Crippen molar-refractivity contribution in [1.29, 1.82) is 5.41 Å². The van der Waals surface area contributed by atoms with E-state index >= 15 is 0 Å². The third-order valence-electron chi connectivity index (χ3n) is 6.49. The van der Waals surface area contributed by atoms with Gasteiger partial charge in [0.1, 0.15) is 17.6 Å². The molecule has 2 atom stereocenters. The first-order valence-corrected chi connectivity index (χ1v) is 12.7. The van der Waals surface area contributed by atoms with E-state index in [1.165, 1.54) is 13.8 Å². The number of amides is 2. The van der Waals surface area contributed by atoms with E-state index in [1.807, 2.05) is 4.90 Å². The molecule has 4 heterocycles. The second-order valence-electron chi connectivity index (χ2n) is 9.64. The monoisotopic (exact) mass is 573 g/mol. The van der Waals surface area contributed by atoms with Crippen molar-refractivity contribution >= 4 is 52.0 Å². The molecule has 1 fully saturated rings. The highest BCUT2D eigenvalue weighted by molar-refractivity contribution is 7.09. The number of amidine groups is 1. The molecule has 4 rings (SSSR count). The molecule has 2 amide bonds. The molecule has 1 aromatic heterocycles. The van der Waals surface area contributed by atoms with Crippen LogP contribution in [0.25, 0.3) is 0 Å². The van der Waals surface area contributed by atoms with Crippen LogP contribution in [0.5, 0.6) is 0 Å². The third kappa shape index (κ3) is 5.49. The van der Waals surface area contributed by atoms with Gasteiger partial charge in [0.15, 0.2) is 5.13 Å². The Hall–Kier alpha value is -4.80. The van der Waals surface area contributed by atoms with Crippen molar-refractivity contribution in [3.63, 3.8) is 0 Å². The summed E-state index contributed by atoms with van der Waals surface area (Å²) in [6.07, 6.45) is 5.86. The van der Waals surface area contributed by atoms with E-state index in [4.69, 9.17) is 21.7 Å². The molecule has 0 aliphatic carbocycles. The topological polar surface area (TPSA) is 251 Å². The van der Waals surface area contributed by atoms with Crippen LogP contribution in [0.1, 0.15) is 32.5 Å². The van der Waals surface area contributed by atoms with E-state index in [1.54, 1.807) is 18.4 Å². The lowest BCUT2D eigenvalue weighted by Gasteiger charge is -2.50. The van der Waals surface area contributed by atoms with Crippen molar-refractivity contribution in [2.75, 3.05) is 18.8 Å². The zero-order valence-electron chi connectivity index (χ0n) is 21.4. The van der Waals surface area contributed by atoms with Gasteiger partial charge in [-0.25, -0.2) is 9.59 Å². The molecule has 212 valence electrons. The van der Waals surface area contributed by atoms with Crippen molar-refractivity contribution in [3.05, 3.63) is 41.0 Å². The Kier molecular flexibility index (Phi) is 7.59. The second-order valence-corrected chi connectivity index (χ2v) is 10.4. The molecule has 0 bridgehead atoms. The van der Waals surface area contributed by atoms with Crippen LogP contribution in [0.15, 0.2) is 40.4 Å². The number of β-lactam (4-membered cyclic amide) rings is 1. The molecule has 0 spiro atoms. The Morgan fingerprint density at radius 1 is 1.35 bits per heavy atom. The average molecular weight is 574 g/mol. The summed E-state index contributed by atoms with van der Waals surface area (Å²) in [4.78, 5) is 61.8. The molecule has 1 aromatic rings. The summed E-state index contributed by atoms with van der Waals surface area (Å²) >= 11 is 0.775. The number of carboxylic acids is 2. The molecule has 0 radical (unpaired) electrons. The normalized spacial score (nSPS) is 20.9. The van der Waals surface area contributed by atoms with E-state index < -0.39 is 47.1 Å². The van der Waals surface area contributed by atoms with Crippen LogP contribution in [0.3, 0.4) is 0 Å². The number of oxime groups is 1. The van der Waals surface area contributed by atoms with Crippen LogP contribution in [0.4, 0.5) is 5.13 Å². The number of nitrogen functional groups attached to an aromatic ring is 1. The standard InChI is InChI=1S/C23H27N9O7S/c1-23(2,21(37)38)39-29-14(17-28-22(26)40-30-17)18(33)27-13-12-4-3-11(15(20(35)36)32(12)19(13)34)9-31-7-5-10(6-8-31)16(24)25/h5-7,12-13H,3-4,8-9H2,1-2H3,(H3,24,25)(H,27,33)(H,35,36)(H,37,38)(H2,26,28,30)/b29-14-/t12?,13-/m0/s1. The highest BCUT2D eigenvalue weighted by Crippen LogP contribution is 2.37. The fourth-order valence-electron chi connectivity index (χ4n) is 4.31. The maximum absolute atomic E-state index is 13.2. The number of aliphatic carboxylic acids is 2. The Labute approximate surface area is 231 Å². The lowest BCUT2D eigenvalue weighted by Crippen LogP contribution is -2.72. The Bertz CT molecular complexity index is 1410. The largest absolute Gasteiger partial charge is 0.478 e. The van der Waals surface area contributed by atoms with Gasteiger partial charge >= 0.3 is 11.9 Å². The predicted molar refractivity (Wildman–Crippen MR) is 141 cm³/mol. The summed E-state index contributed by atoms with van der Waals surface area (Å²) < 4.78 is 3.92. The number of nitrogens with one attached hydrogen (secondary N) is 2. The molecule has 1 unspecified atom stereocenters. The molecule has 8 N–H and O–H groups in total. The van der Waals surface area contributed by atoms with Crippen molar-refractivity contribution in [2.45, 2.75) is 44.4 Å². The lowest BCUT2D eigenvalue weighted by molar-refractivity contribution is -0.161. The number of carbonyl (C=O) groups is 4. The maximum atomic E-state index is 13.2. The number of hydrogen-bond donors (Lipinski definition) is 6. The molecule has 3 aliphatic heterocycles. The predicted octanol–water partition coefficient (Wildman–Crippen LogP) is -0.776. The first-order chi connectivity index (χ1) is 18.8. The molecule has 0 aromatic carbocycles. The van der Waals surface area contributed by atoms with Gasteiger partial charge < -0.3 is 36.7 Å². The van der Waals surface area contributed by atoms with Gasteiger partial charge in [0.05, 0.1) is 6.04 Å². The van der Waals surface area contributed by atoms with Gasteiger partial charge in [-0.2, -0.15) is 9.36 Å². The Balaban J connectivity index is 1.51. The van der Waals surface area contributed by atoms with Crippen LogP contribution in [0.2, 0.25) is 0 Å². The van der Waals surface area contributed by atoms with Gasteiger partial charge in [0.2, 0.25) is 17.1 Å². The number of fused-ring (bicyclic) bond motifs is 1. The van der Waals surface area contributed by atoms with E-state index in [2.05, 4.69) is 19.8 Å². The van der Waals surface area contributed by atoms with Gasteiger partial charge in [-0.1, -0.05) is 11.2 Å². The average Bonchev–Trinajstić information content (AvgIpc) is 3.32. The summed E-state index contributed by atoms with van der Waals surface area (Å²) in [5.41, 5.74) is 9.80. The van der Waals surface area contributed by atoms with Crippen molar-refractivity contribution in [1.82, 2.24) is 24.5 Å². The number of nitrogens with two attached hydrogens (primary N) is 2. The van der Waals surface area contributed by atoms with Crippen molar-refractivity contribution in [2.24, 2.45) is 10.9 Å². The highest BCUT2D eigenvalue weighted by Gasteiger charge is 2.53. The number of hydrogen-bond acceptors (Lipinski definition) is 12. The number of nitrogens with zero attached hydrogens (tertiary/aromatic N) is 5. The van der Waals surface area contributed by atoms with E-state index in [0.29, 0.717) is 30.5 Å². The summed E-state index contributed by atoms with van der Waals surface area (Å²) in [5, 5.41) is 33.0. The Morgan fingerprint density at radius 2 is 2.08 bits per heavy atom. The first kappa shape index (κ1) is 28.2. The van der Waals surface area contributed by atoms with Gasteiger partial charge in [-0.05, 0) is 38.3 Å². The third-order valence-corrected chi connectivity index (χ3v) is 7.03. The molecule has 1 saturated heterocycles. The molecule has 16 nitrogen and oxygen atoms in total. The number of rotatable bonds is 10. The van der Waals surface area contributed by atoms with Gasteiger partial charge in [0, 0.05) is 36.4 Å². The fraction of sp³-hybridized carbons (Fsp3) is 0.391. The lowest BCUT2D eigenvalue weighted by atomic mass is 9.83. The molecule has 3 aliphatic rings. The van der Waals surface area contributed by atoms with Gasteiger partial charge in [-0.15, -0.1) is 0 Å². The van der Waals surface area contributed by atoms with E-state index in [-0.39, 0.29) is 29.0 Å². The molecule has 0 saturated carbocycles. The molecule has 40 heavy (non-hydrogen) atoms. The van der Waals surface area contributed by atoms with Crippen LogP contribution in [0, 0.1) is 5.41 Å². The zero-order chi connectivity index (χ0) is 29.4. The van der Waals surface area contributed by atoms with Crippen LogP contribution in [-0.4, -0.2) is 95.4 Å². The number of carboxylic acid groups (broad SMARTS) is 2. The summed E-state index contributed by atoms with van der Waals surface area (Å²) in [6, 6.07) is -1.69. The van der Waals surface area contributed by atoms with E-state index in [0.717, 1.165) is 16.4 Å². The SMILES string of the molecule is CC(C)(O/N=C(\C(=O)N[C@@H]1C(=O)N2C(C(=O)O)=C(CN3C=CC(C(=N)N)=CC3)CCC12)c1nsc(N)n1)C(=O)O. The minimum Gasteiger partial charge on any atom is -0.478 e. The summed E-state index contributed by atoms with van der Waals surface area (Å²) in [5.74, 6) is -4.45. The molecular formula is C23H27N9O7S. The molecule has 17 heteroatoms. The minimum atomic E-state index is -1.79. The van der Waals surface area contributed by atoms with Crippen LogP contribution >= 0.6 is 11.5 Å². The van der Waals surface area contributed by atoms with Gasteiger partial charge in [-0.3, -0.25) is 19.9 Å². The summed E-state index contributed by atoms with van der Waals surface area (Å²) in [6.45, 7) is 3.11. The molecular weight excluding hydrogens is 546 g/mol. The zero-order valence-corrected chi connectivity index (χ0v) is 22.3. The number of anilines is 1. The second kappa shape index (κ2) is 10.8. The smallest absolute Gasteiger partial charge is 0.352 e. The number of carbonyl (C=O) groups excluding carboxylic acids is 2. The highest BCUT2D eigenvalue weighted by atomic mass is 32.1. The minimum absolute atomic E-state index is 0.0199. The summed E-state index contributed by atoms with van der Waals surface area (Å²) in [7, 11) is 0. The number of aromatic nitrogens is 2. The van der Waals surface area contributed by atoms with Crippen LogP contribution in [-0.2, 0) is 24.0 Å². The first-order valence-electron chi connectivity index (χ1n) is 11.9. The van der Waals surface area contributed by atoms with Gasteiger partial charge in [0.25, 0.3) is 11.8 Å². The quantitative estimate of drug-likeness (QED) is 0.0873.